The zero-order valence-corrected chi connectivity index (χ0v) is 15.1. The fourth-order valence-corrected chi connectivity index (χ4v) is 3.20. The first-order chi connectivity index (χ1) is 11.6. The number of piperidine rings is 1. The summed E-state index contributed by atoms with van der Waals surface area (Å²) in [5, 5.41) is 7.57. The Balaban J connectivity index is 0.00000225. The Morgan fingerprint density at radius 3 is 2.68 bits per heavy atom. The quantitative estimate of drug-likeness (QED) is 0.898. The second kappa shape index (κ2) is 7.84. The number of aromatic nitrogens is 2. The average Bonchev–Trinajstić information content (AvgIpc) is 3.16. The molecule has 0 radical (unpaired) electrons. The number of benzene rings is 1. The smallest absolute Gasteiger partial charge is 0.254 e. The second-order valence-electron chi connectivity index (χ2n) is 5.92. The normalized spacial score (nSPS) is 16.0. The van der Waals surface area contributed by atoms with Gasteiger partial charge in [0.25, 0.3) is 5.91 Å². The molecule has 25 heavy (non-hydrogen) atoms. The molecule has 0 aliphatic carbocycles. The van der Waals surface area contributed by atoms with E-state index < -0.39 is 11.4 Å². The zero-order valence-electron chi connectivity index (χ0n) is 14.2. The number of anilines is 1. The molecular weight excluding hydrogens is 347 g/mol. The van der Waals surface area contributed by atoms with Crippen LogP contribution in [0.5, 0.6) is 5.75 Å². The Morgan fingerprint density at radius 1 is 1.40 bits per heavy atom. The van der Waals surface area contributed by atoms with Crippen molar-refractivity contribution in [3.63, 3.8) is 0 Å². The molecule has 6 nitrogen and oxygen atoms in total. The molecule has 0 unspecified atom stereocenters. The van der Waals surface area contributed by atoms with Crippen molar-refractivity contribution in [2.45, 2.75) is 18.4 Å². The lowest BCUT2D eigenvalue weighted by molar-refractivity contribution is -0.128. The van der Waals surface area contributed by atoms with E-state index in [4.69, 9.17) is 4.74 Å². The molecule has 1 aliphatic rings. The van der Waals surface area contributed by atoms with Crippen LogP contribution in [0.2, 0.25) is 0 Å². The van der Waals surface area contributed by atoms with Crippen molar-refractivity contribution < 1.29 is 13.9 Å². The number of amides is 1. The molecule has 0 saturated carbocycles. The van der Waals surface area contributed by atoms with Crippen LogP contribution in [0, 0.1) is 5.82 Å². The predicted molar refractivity (Wildman–Crippen MR) is 95.9 cm³/mol. The molecule has 1 aromatic heterocycles. The monoisotopic (exact) mass is 368 g/mol. The Morgan fingerprint density at radius 2 is 2.12 bits per heavy atom. The van der Waals surface area contributed by atoms with Crippen LogP contribution in [-0.2, 0) is 10.3 Å². The molecule has 1 aliphatic heterocycles. The van der Waals surface area contributed by atoms with E-state index >= 15 is 0 Å². The molecule has 8 heteroatoms. The summed E-state index contributed by atoms with van der Waals surface area (Å²) in [6.07, 6.45) is 4.75. The number of ether oxygens (including phenoxy) is 1. The van der Waals surface area contributed by atoms with Gasteiger partial charge < -0.3 is 15.0 Å². The fraction of sp³-hybridized carbons (Fsp3) is 0.412. The lowest BCUT2D eigenvalue weighted by Crippen LogP contribution is -2.55. The summed E-state index contributed by atoms with van der Waals surface area (Å²) < 4.78 is 20.7. The largest absolute Gasteiger partial charge is 0.494 e. The van der Waals surface area contributed by atoms with Crippen LogP contribution in [0.4, 0.5) is 10.1 Å². The van der Waals surface area contributed by atoms with E-state index in [0.717, 1.165) is 13.1 Å². The van der Waals surface area contributed by atoms with Gasteiger partial charge in [0.05, 0.1) is 7.11 Å². The minimum atomic E-state index is -0.750. The van der Waals surface area contributed by atoms with E-state index in [1.807, 2.05) is 12.3 Å². The molecule has 0 spiro atoms. The molecular formula is C17H22ClFN4O2. The van der Waals surface area contributed by atoms with Gasteiger partial charge in [0.2, 0.25) is 0 Å². The van der Waals surface area contributed by atoms with Crippen LogP contribution in [0.3, 0.4) is 0 Å². The first kappa shape index (κ1) is 19.2. The Hall–Kier alpha value is -2.12. The van der Waals surface area contributed by atoms with E-state index in [-0.39, 0.29) is 24.1 Å². The minimum absolute atomic E-state index is 0. The van der Waals surface area contributed by atoms with Gasteiger partial charge in [-0.3, -0.25) is 9.48 Å². The number of hydrogen-bond acceptors (Lipinski definition) is 4. The SMILES string of the molecule is COc1ccc(N(C)C(=O)C2(n3cccn3)CCNCC2)cc1F.Cl. The predicted octanol–water partition coefficient (Wildman–Crippen LogP) is 2.19. The molecule has 0 atom stereocenters. The first-order valence-corrected chi connectivity index (χ1v) is 7.91. The topological polar surface area (TPSA) is 59.4 Å². The van der Waals surface area contributed by atoms with E-state index in [1.165, 1.54) is 24.1 Å². The maximum atomic E-state index is 14.0. The molecule has 3 rings (SSSR count). The molecule has 1 N–H and O–H groups in total. The number of halogens is 2. The van der Waals surface area contributed by atoms with Gasteiger partial charge in [-0.2, -0.15) is 5.10 Å². The number of nitrogens with one attached hydrogen (secondary N) is 1. The average molecular weight is 369 g/mol. The highest BCUT2D eigenvalue weighted by atomic mass is 35.5. The molecule has 1 amide bonds. The number of likely N-dealkylation sites (N-methyl/N-ethyl adjacent to an activating group) is 1. The number of methoxy groups -OCH3 is 1. The van der Waals surface area contributed by atoms with Gasteiger partial charge in [0, 0.05) is 31.2 Å². The van der Waals surface area contributed by atoms with E-state index in [1.54, 1.807) is 24.0 Å². The standard InChI is InChI=1S/C17H21FN4O2.ClH/c1-21(13-4-5-15(24-2)14(18)12-13)16(23)17(6-9-19-10-7-17)22-11-3-8-20-22;/h3-5,8,11-12,19H,6-7,9-10H2,1-2H3;1H. The maximum Gasteiger partial charge on any atom is 0.254 e. The summed E-state index contributed by atoms with van der Waals surface area (Å²) in [6, 6.07) is 6.33. The third-order valence-electron chi connectivity index (χ3n) is 4.60. The Labute approximate surface area is 152 Å². The third-order valence-corrected chi connectivity index (χ3v) is 4.60. The zero-order chi connectivity index (χ0) is 17.2. The fourth-order valence-electron chi connectivity index (χ4n) is 3.20. The van der Waals surface area contributed by atoms with E-state index in [2.05, 4.69) is 10.4 Å². The number of nitrogens with zero attached hydrogens (tertiary/aromatic N) is 3. The highest BCUT2D eigenvalue weighted by molar-refractivity contribution is 5.98. The van der Waals surface area contributed by atoms with Gasteiger partial charge in [0.1, 0.15) is 5.54 Å². The van der Waals surface area contributed by atoms with Crippen molar-refractivity contribution in [2.24, 2.45) is 0 Å². The van der Waals surface area contributed by atoms with Gasteiger partial charge in [-0.15, -0.1) is 12.4 Å². The minimum Gasteiger partial charge on any atom is -0.494 e. The van der Waals surface area contributed by atoms with Gasteiger partial charge in [-0.25, -0.2) is 4.39 Å². The maximum absolute atomic E-state index is 14.0. The molecule has 1 saturated heterocycles. The summed E-state index contributed by atoms with van der Waals surface area (Å²) in [7, 11) is 3.07. The van der Waals surface area contributed by atoms with Crippen molar-refractivity contribution in [1.29, 1.82) is 0 Å². The second-order valence-corrected chi connectivity index (χ2v) is 5.92. The molecule has 0 bridgehead atoms. The van der Waals surface area contributed by atoms with Crippen LogP contribution in [-0.4, -0.2) is 42.9 Å². The summed E-state index contributed by atoms with van der Waals surface area (Å²) in [4.78, 5) is 14.8. The number of carbonyl (C=O) groups is 1. The van der Waals surface area contributed by atoms with Crippen molar-refractivity contribution in [1.82, 2.24) is 15.1 Å². The van der Waals surface area contributed by atoms with Gasteiger partial charge in [0.15, 0.2) is 11.6 Å². The summed E-state index contributed by atoms with van der Waals surface area (Å²) in [6.45, 7) is 1.47. The lowest BCUT2D eigenvalue weighted by Gasteiger charge is -2.39. The van der Waals surface area contributed by atoms with Crippen molar-refractivity contribution in [3.8, 4) is 5.75 Å². The van der Waals surface area contributed by atoms with Crippen molar-refractivity contribution in [3.05, 3.63) is 42.5 Å². The lowest BCUT2D eigenvalue weighted by atomic mass is 9.86. The number of carbonyl (C=O) groups excluding carboxylic acids is 1. The van der Waals surface area contributed by atoms with Crippen LogP contribution in [0.25, 0.3) is 0 Å². The highest BCUT2D eigenvalue weighted by Crippen LogP contribution is 2.32. The van der Waals surface area contributed by atoms with Crippen LogP contribution in [0.1, 0.15) is 12.8 Å². The summed E-state index contributed by atoms with van der Waals surface area (Å²) in [5.41, 5.74) is -0.261. The summed E-state index contributed by atoms with van der Waals surface area (Å²) in [5.74, 6) is -0.436. The Kier molecular flexibility index (Phi) is 6.02. The molecule has 1 aromatic carbocycles. The molecule has 136 valence electrons. The van der Waals surface area contributed by atoms with E-state index in [0.29, 0.717) is 18.5 Å². The van der Waals surface area contributed by atoms with Gasteiger partial charge in [-0.05, 0) is 44.1 Å². The number of hydrogen-bond donors (Lipinski definition) is 1. The van der Waals surface area contributed by atoms with Gasteiger partial charge in [-0.1, -0.05) is 0 Å². The molecule has 2 aromatic rings. The molecule has 1 fully saturated rings. The van der Waals surface area contributed by atoms with Crippen molar-refractivity contribution in [2.75, 3.05) is 32.1 Å². The highest BCUT2D eigenvalue weighted by Gasteiger charge is 2.44. The Bertz CT molecular complexity index is 717. The van der Waals surface area contributed by atoms with Crippen LogP contribution >= 0.6 is 12.4 Å². The summed E-state index contributed by atoms with van der Waals surface area (Å²) >= 11 is 0. The third kappa shape index (κ3) is 3.48. The van der Waals surface area contributed by atoms with Gasteiger partial charge >= 0.3 is 0 Å². The van der Waals surface area contributed by atoms with E-state index in [9.17, 15) is 9.18 Å². The molecule has 2 heterocycles. The van der Waals surface area contributed by atoms with Crippen LogP contribution in [0.15, 0.2) is 36.7 Å². The number of rotatable bonds is 4. The van der Waals surface area contributed by atoms with Crippen molar-refractivity contribution >= 4 is 24.0 Å². The van der Waals surface area contributed by atoms with Crippen LogP contribution < -0.4 is 15.0 Å². The first-order valence-electron chi connectivity index (χ1n) is 7.91.